The number of hydrogen-bond donors (Lipinski definition) is 1. The molecule has 2 heteroatoms. The van der Waals surface area contributed by atoms with Crippen molar-refractivity contribution in [3.8, 4) is 0 Å². The molecule has 0 spiro atoms. The number of rotatable bonds is 2. The molecular weight excluding hydrogens is 284 g/mol. The molecule has 5 unspecified atom stereocenters. The van der Waals surface area contributed by atoms with Gasteiger partial charge in [-0.05, 0) is 78.1 Å². The van der Waals surface area contributed by atoms with E-state index in [-0.39, 0.29) is 12.0 Å². The molecular formula is C21H34O2. The minimum atomic E-state index is -0.0000694. The second-order valence-electron chi connectivity index (χ2n) is 9.62. The fourth-order valence-electron chi connectivity index (χ4n) is 6.99. The average molecular weight is 319 g/mol. The molecule has 2 fully saturated rings. The van der Waals surface area contributed by atoms with Crippen LogP contribution in [0.2, 0.25) is 0 Å². The SMILES string of the molecule is CC1CC(C=O)=CCC2C3(C)CCCC(C)(C)C3CCC12CO. The summed E-state index contributed by atoms with van der Waals surface area (Å²) in [6, 6.07) is 0. The summed E-state index contributed by atoms with van der Waals surface area (Å²) < 4.78 is 0. The summed E-state index contributed by atoms with van der Waals surface area (Å²) in [5.74, 6) is 1.64. The van der Waals surface area contributed by atoms with Crippen LogP contribution in [-0.4, -0.2) is 18.0 Å². The predicted molar refractivity (Wildman–Crippen MR) is 94.0 cm³/mol. The van der Waals surface area contributed by atoms with Crippen LogP contribution in [-0.2, 0) is 4.79 Å². The van der Waals surface area contributed by atoms with Crippen molar-refractivity contribution in [3.05, 3.63) is 11.6 Å². The van der Waals surface area contributed by atoms with E-state index < -0.39 is 0 Å². The van der Waals surface area contributed by atoms with E-state index in [1.807, 2.05) is 0 Å². The van der Waals surface area contributed by atoms with E-state index in [1.54, 1.807) is 0 Å². The van der Waals surface area contributed by atoms with E-state index in [0.717, 1.165) is 37.0 Å². The Morgan fingerprint density at radius 1 is 1.22 bits per heavy atom. The number of hydrogen-bond acceptors (Lipinski definition) is 2. The van der Waals surface area contributed by atoms with E-state index in [9.17, 15) is 9.90 Å². The van der Waals surface area contributed by atoms with Crippen molar-refractivity contribution in [2.75, 3.05) is 6.61 Å². The molecule has 0 saturated heterocycles. The molecule has 0 aromatic heterocycles. The first-order valence-electron chi connectivity index (χ1n) is 9.55. The lowest BCUT2D eigenvalue weighted by molar-refractivity contribution is -0.163. The molecule has 1 N–H and O–H groups in total. The largest absolute Gasteiger partial charge is 0.396 e. The highest BCUT2D eigenvalue weighted by atomic mass is 16.3. The third kappa shape index (κ3) is 2.44. The van der Waals surface area contributed by atoms with Crippen molar-refractivity contribution >= 4 is 6.29 Å². The molecule has 5 atom stereocenters. The van der Waals surface area contributed by atoms with Crippen molar-refractivity contribution < 1.29 is 9.90 Å². The number of aliphatic hydroxyl groups is 1. The topological polar surface area (TPSA) is 37.3 Å². The molecule has 0 bridgehead atoms. The highest BCUT2D eigenvalue weighted by Gasteiger charge is 2.60. The van der Waals surface area contributed by atoms with Crippen LogP contribution in [0.25, 0.3) is 0 Å². The predicted octanol–water partition coefficient (Wildman–Crippen LogP) is 4.76. The van der Waals surface area contributed by atoms with Crippen molar-refractivity contribution in [1.82, 2.24) is 0 Å². The molecule has 130 valence electrons. The average Bonchev–Trinajstić information content (AvgIpc) is 2.64. The van der Waals surface area contributed by atoms with Gasteiger partial charge in [-0.2, -0.15) is 0 Å². The fraction of sp³-hybridized carbons (Fsp3) is 0.857. The molecule has 3 rings (SSSR count). The Balaban J connectivity index is 2.06. The van der Waals surface area contributed by atoms with Crippen LogP contribution in [0.3, 0.4) is 0 Å². The van der Waals surface area contributed by atoms with Crippen LogP contribution in [0.15, 0.2) is 11.6 Å². The molecule has 3 aliphatic carbocycles. The summed E-state index contributed by atoms with van der Waals surface area (Å²) in [6.07, 6.45) is 11.3. The molecule has 0 aromatic rings. The number of aldehydes is 1. The Morgan fingerprint density at radius 2 is 1.96 bits per heavy atom. The van der Waals surface area contributed by atoms with Crippen LogP contribution in [0.1, 0.15) is 72.6 Å². The Bertz CT molecular complexity index is 506. The zero-order valence-corrected chi connectivity index (χ0v) is 15.4. The summed E-state index contributed by atoms with van der Waals surface area (Å²) in [5, 5.41) is 10.5. The van der Waals surface area contributed by atoms with E-state index in [1.165, 1.54) is 25.7 Å². The summed E-state index contributed by atoms with van der Waals surface area (Å²) in [5.41, 5.74) is 1.66. The normalized spacial score (nSPS) is 46.1. The minimum Gasteiger partial charge on any atom is -0.396 e. The second-order valence-corrected chi connectivity index (χ2v) is 9.62. The standard InChI is InChI=1S/C21H34O2/c1-15-12-16(13-22)6-7-18-20(4)10-5-9-19(2,3)17(20)8-11-21(15,18)14-23/h6,13,15,17-18,23H,5,7-12,14H2,1-4H3. The van der Waals surface area contributed by atoms with Gasteiger partial charge in [0.15, 0.2) is 0 Å². The van der Waals surface area contributed by atoms with Gasteiger partial charge in [0, 0.05) is 6.61 Å². The number of allylic oxidation sites excluding steroid dienone is 2. The third-order valence-electron chi connectivity index (χ3n) is 8.25. The van der Waals surface area contributed by atoms with E-state index in [2.05, 4.69) is 33.8 Å². The van der Waals surface area contributed by atoms with Crippen molar-refractivity contribution in [2.45, 2.75) is 72.6 Å². The van der Waals surface area contributed by atoms with Crippen LogP contribution >= 0.6 is 0 Å². The van der Waals surface area contributed by atoms with Crippen LogP contribution in [0, 0.1) is 34.0 Å². The van der Waals surface area contributed by atoms with Gasteiger partial charge in [0.25, 0.3) is 0 Å². The first-order chi connectivity index (χ1) is 10.8. The highest BCUT2D eigenvalue weighted by molar-refractivity contribution is 5.73. The summed E-state index contributed by atoms with van der Waals surface area (Å²) in [7, 11) is 0. The lowest BCUT2D eigenvalue weighted by Crippen LogP contribution is -2.58. The van der Waals surface area contributed by atoms with Crippen LogP contribution in [0.5, 0.6) is 0 Å². The fourth-order valence-corrected chi connectivity index (χ4v) is 6.99. The number of carbonyl (C=O) groups excluding carboxylic acids is 1. The zero-order chi connectivity index (χ0) is 16.9. The molecule has 23 heavy (non-hydrogen) atoms. The molecule has 0 aliphatic heterocycles. The minimum absolute atomic E-state index is 0.0000694. The third-order valence-corrected chi connectivity index (χ3v) is 8.25. The zero-order valence-electron chi connectivity index (χ0n) is 15.4. The Morgan fingerprint density at radius 3 is 2.61 bits per heavy atom. The Kier molecular flexibility index (Phi) is 4.28. The number of carbonyl (C=O) groups is 1. The molecule has 2 nitrogen and oxygen atoms in total. The van der Waals surface area contributed by atoms with Gasteiger partial charge in [0.1, 0.15) is 6.29 Å². The van der Waals surface area contributed by atoms with Gasteiger partial charge in [-0.25, -0.2) is 0 Å². The Labute approximate surface area is 141 Å². The maximum atomic E-state index is 11.4. The molecule has 3 aliphatic rings. The van der Waals surface area contributed by atoms with E-state index in [4.69, 9.17) is 0 Å². The molecule has 0 radical (unpaired) electrons. The first-order valence-corrected chi connectivity index (χ1v) is 9.55. The molecule has 2 saturated carbocycles. The summed E-state index contributed by atoms with van der Waals surface area (Å²) in [6.45, 7) is 9.95. The molecule has 0 amide bonds. The molecule has 0 aromatic carbocycles. The van der Waals surface area contributed by atoms with Gasteiger partial charge in [-0.15, -0.1) is 0 Å². The van der Waals surface area contributed by atoms with E-state index >= 15 is 0 Å². The van der Waals surface area contributed by atoms with Gasteiger partial charge in [0.2, 0.25) is 0 Å². The lowest BCUT2D eigenvalue weighted by atomic mass is 9.41. The Hall–Kier alpha value is -0.630. The summed E-state index contributed by atoms with van der Waals surface area (Å²) >= 11 is 0. The van der Waals surface area contributed by atoms with Crippen LogP contribution in [0.4, 0.5) is 0 Å². The second kappa shape index (κ2) is 5.72. The molecule has 0 heterocycles. The highest BCUT2D eigenvalue weighted by Crippen LogP contribution is 2.67. The van der Waals surface area contributed by atoms with Crippen LogP contribution < -0.4 is 0 Å². The van der Waals surface area contributed by atoms with Gasteiger partial charge in [-0.1, -0.05) is 40.2 Å². The van der Waals surface area contributed by atoms with Gasteiger partial charge >= 0.3 is 0 Å². The smallest absolute Gasteiger partial charge is 0.145 e. The number of aliphatic hydroxyl groups excluding tert-OH is 1. The van der Waals surface area contributed by atoms with Crippen molar-refractivity contribution in [1.29, 1.82) is 0 Å². The maximum absolute atomic E-state index is 11.4. The van der Waals surface area contributed by atoms with E-state index in [0.29, 0.717) is 22.7 Å². The first kappa shape index (κ1) is 17.2. The van der Waals surface area contributed by atoms with Gasteiger partial charge in [-0.3, -0.25) is 4.79 Å². The van der Waals surface area contributed by atoms with Crippen molar-refractivity contribution in [3.63, 3.8) is 0 Å². The quantitative estimate of drug-likeness (QED) is 0.745. The monoisotopic (exact) mass is 318 g/mol. The number of fused-ring (bicyclic) bond motifs is 3. The summed E-state index contributed by atoms with van der Waals surface area (Å²) in [4.78, 5) is 11.4. The van der Waals surface area contributed by atoms with Gasteiger partial charge < -0.3 is 5.11 Å². The van der Waals surface area contributed by atoms with Gasteiger partial charge in [0.05, 0.1) is 0 Å². The lowest BCUT2D eigenvalue weighted by Gasteiger charge is -2.64. The van der Waals surface area contributed by atoms with Crippen molar-refractivity contribution in [2.24, 2.45) is 34.0 Å². The maximum Gasteiger partial charge on any atom is 0.145 e.